The molecule has 3 N–H and O–H groups in total. The molecule has 0 aliphatic heterocycles. The van der Waals surface area contributed by atoms with Crippen LogP contribution in [0.4, 0.5) is 5.13 Å². The molecule has 68 valence electrons. The van der Waals surface area contributed by atoms with Gasteiger partial charge in [0.2, 0.25) is 5.13 Å². The quantitative estimate of drug-likeness (QED) is 0.605. The summed E-state index contributed by atoms with van der Waals surface area (Å²) >= 11 is 1.21. The fourth-order valence-corrected chi connectivity index (χ4v) is 0.998. The summed E-state index contributed by atoms with van der Waals surface area (Å²) in [7, 11) is 0. The topological polar surface area (TPSA) is 78.3 Å². The maximum Gasteiger partial charge on any atom is 0.202 e. The first-order valence-electron chi connectivity index (χ1n) is 3.48. The summed E-state index contributed by atoms with van der Waals surface area (Å²) in [6.07, 6.45) is 1.43. The number of aliphatic hydroxyl groups excluding tert-OH is 1. The van der Waals surface area contributed by atoms with Gasteiger partial charge in [0.15, 0.2) is 0 Å². The van der Waals surface area contributed by atoms with Crippen molar-refractivity contribution in [2.24, 2.45) is 0 Å². The molecule has 0 bridgehead atoms. The second kappa shape index (κ2) is 3.79. The highest BCUT2D eigenvalue weighted by atomic mass is 32.1. The van der Waals surface area contributed by atoms with Gasteiger partial charge < -0.3 is 15.5 Å². The summed E-state index contributed by atoms with van der Waals surface area (Å²) in [4.78, 5) is 3.86. The largest absolute Gasteiger partial charge is 0.393 e. The summed E-state index contributed by atoms with van der Waals surface area (Å²) < 4.78 is 3.77. The lowest BCUT2D eigenvalue weighted by Crippen LogP contribution is -2.37. The van der Waals surface area contributed by atoms with Gasteiger partial charge in [-0.1, -0.05) is 0 Å². The number of hydrogen-bond donors (Lipinski definition) is 3. The smallest absolute Gasteiger partial charge is 0.202 e. The fraction of sp³-hybridized carbons (Fsp3) is 0.667. The van der Waals surface area contributed by atoms with Gasteiger partial charge in [-0.3, -0.25) is 0 Å². The zero-order valence-electron chi connectivity index (χ0n) is 6.69. The Morgan fingerprint density at radius 2 is 2.50 bits per heavy atom. The maximum atomic E-state index is 9.37. The van der Waals surface area contributed by atoms with Crippen molar-refractivity contribution in [3.05, 3.63) is 6.33 Å². The molecule has 0 spiro atoms. The van der Waals surface area contributed by atoms with Crippen molar-refractivity contribution in [3.63, 3.8) is 0 Å². The average molecular weight is 189 g/mol. The van der Waals surface area contributed by atoms with E-state index in [4.69, 9.17) is 5.11 Å². The summed E-state index contributed by atoms with van der Waals surface area (Å²) in [6, 6.07) is 0. The number of aromatic nitrogens is 2. The molecule has 0 aliphatic rings. The van der Waals surface area contributed by atoms with Gasteiger partial charge in [0, 0.05) is 18.1 Å². The second-order valence-electron chi connectivity index (χ2n) is 2.76. The lowest BCUT2D eigenvalue weighted by molar-refractivity contribution is 0.0132. The van der Waals surface area contributed by atoms with Gasteiger partial charge >= 0.3 is 0 Å². The normalized spacial score (nSPS) is 15.6. The SMILES string of the molecule is CC(O)(CO)CNc1ncns1. The number of nitrogens with zero attached hydrogens (tertiary/aromatic N) is 2. The van der Waals surface area contributed by atoms with E-state index in [2.05, 4.69) is 14.7 Å². The zero-order valence-corrected chi connectivity index (χ0v) is 7.51. The molecule has 0 saturated heterocycles. The predicted octanol–water partition coefficient (Wildman–Crippen LogP) is -0.307. The molecule has 5 nitrogen and oxygen atoms in total. The van der Waals surface area contributed by atoms with E-state index in [1.807, 2.05) is 0 Å². The maximum absolute atomic E-state index is 9.37. The van der Waals surface area contributed by atoms with Crippen LogP contribution in [-0.4, -0.2) is 38.3 Å². The van der Waals surface area contributed by atoms with Crippen molar-refractivity contribution in [1.82, 2.24) is 9.36 Å². The highest BCUT2D eigenvalue weighted by molar-refractivity contribution is 7.09. The first-order chi connectivity index (χ1) is 5.64. The minimum atomic E-state index is -1.11. The Labute approximate surface area is 74.3 Å². The van der Waals surface area contributed by atoms with Crippen LogP contribution in [0.1, 0.15) is 6.92 Å². The molecule has 0 saturated carbocycles. The molecule has 1 heterocycles. The Bertz CT molecular complexity index is 225. The van der Waals surface area contributed by atoms with Crippen LogP contribution in [0.5, 0.6) is 0 Å². The van der Waals surface area contributed by atoms with Crippen molar-refractivity contribution in [3.8, 4) is 0 Å². The van der Waals surface area contributed by atoms with Crippen LogP contribution in [0.15, 0.2) is 6.33 Å². The van der Waals surface area contributed by atoms with E-state index in [9.17, 15) is 5.11 Å². The molecular formula is C6H11N3O2S. The molecule has 1 aromatic rings. The van der Waals surface area contributed by atoms with Gasteiger partial charge in [0.25, 0.3) is 0 Å². The molecule has 1 unspecified atom stereocenters. The van der Waals surface area contributed by atoms with Gasteiger partial charge in [0.05, 0.1) is 6.61 Å². The monoisotopic (exact) mass is 189 g/mol. The average Bonchev–Trinajstić information content (AvgIpc) is 2.53. The molecular weight excluding hydrogens is 178 g/mol. The third kappa shape index (κ3) is 2.72. The van der Waals surface area contributed by atoms with E-state index in [0.717, 1.165) is 0 Å². The second-order valence-corrected chi connectivity index (χ2v) is 3.54. The molecule has 12 heavy (non-hydrogen) atoms. The Morgan fingerprint density at radius 1 is 1.75 bits per heavy atom. The highest BCUT2D eigenvalue weighted by Gasteiger charge is 2.18. The van der Waals surface area contributed by atoms with Crippen molar-refractivity contribution in [2.45, 2.75) is 12.5 Å². The minimum Gasteiger partial charge on any atom is -0.393 e. The third-order valence-electron chi connectivity index (χ3n) is 1.32. The fourth-order valence-electron chi connectivity index (χ4n) is 0.573. The predicted molar refractivity (Wildman–Crippen MR) is 46.1 cm³/mol. The van der Waals surface area contributed by atoms with E-state index in [1.165, 1.54) is 17.9 Å². The van der Waals surface area contributed by atoms with Gasteiger partial charge in [0.1, 0.15) is 11.9 Å². The Balaban J connectivity index is 2.36. The molecule has 0 amide bonds. The van der Waals surface area contributed by atoms with Crippen LogP contribution in [0, 0.1) is 0 Å². The summed E-state index contributed by atoms with van der Waals surface area (Å²) in [5.41, 5.74) is -1.11. The van der Waals surface area contributed by atoms with Gasteiger partial charge in [-0.05, 0) is 6.92 Å². The number of nitrogens with one attached hydrogen (secondary N) is 1. The van der Waals surface area contributed by atoms with E-state index >= 15 is 0 Å². The van der Waals surface area contributed by atoms with Crippen LogP contribution in [0.25, 0.3) is 0 Å². The van der Waals surface area contributed by atoms with Crippen LogP contribution < -0.4 is 5.32 Å². The summed E-state index contributed by atoms with van der Waals surface area (Å²) in [5.74, 6) is 0. The first kappa shape index (κ1) is 9.37. The molecule has 0 aromatic carbocycles. The van der Waals surface area contributed by atoms with Crippen molar-refractivity contribution in [2.75, 3.05) is 18.5 Å². The Hall–Kier alpha value is -0.720. The summed E-state index contributed by atoms with van der Waals surface area (Å²) in [6.45, 7) is 1.53. The molecule has 1 aromatic heterocycles. The number of anilines is 1. The van der Waals surface area contributed by atoms with Crippen molar-refractivity contribution in [1.29, 1.82) is 0 Å². The minimum absolute atomic E-state index is 0.263. The van der Waals surface area contributed by atoms with Crippen LogP contribution in [0.3, 0.4) is 0 Å². The van der Waals surface area contributed by atoms with Crippen LogP contribution in [-0.2, 0) is 0 Å². The van der Waals surface area contributed by atoms with E-state index in [0.29, 0.717) is 5.13 Å². The summed E-state index contributed by atoms with van der Waals surface area (Å²) in [5, 5.41) is 21.6. The van der Waals surface area contributed by atoms with Crippen LogP contribution in [0.2, 0.25) is 0 Å². The molecule has 1 rings (SSSR count). The van der Waals surface area contributed by atoms with E-state index in [1.54, 1.807) is 6.92 Å². The number of rotatable bonds is 4. The Kier molecular flexibility index (Phi) is 2.96. The van der Waals surface area contributed by atoms with Gasteiger partial charge in [-0.15, -0.1) is 0 Å². The van der Waals surface area contributed by atoms with Gasteiger partial charge in [-0.25, -0.2) is 4.98 Å². The number of aliphatic hydroxyl groups is 2. The van der Waals surface area contributed by atoms with Crippen molar-refractivity contribution < 1.29 is 10.2 Å². The standard InChI is InChI=1S/C6H11N3O2S/c1-6(11,3-10)2-7-5-8-4-9-12-5/h4,10-11H,2-3H2,1H3,(H,7,8,9). The molecule has 0 radical (unpaired) electrons. The highest BCUT2D eigenvalue weighted by Crippen LogP contribution is 2.09. The zero-order chi connectivity index (χ0) is 9.03. The van der Waals surface area contributed by atoms with E-state index in [-0.39, 0.29) is 13.2 Å². The lowest BCUT2D eigenvalue weighted by Gasteiger charge is -2.19. The third-order valence-corrected chi connectivity index (χ3v) is 1.94. The molecule has 1 atom stereocenters. The molecule has 6 heteroatoms. The lowest BCUT2D eigenvalue weighted by atomic mass is 10.1. The van der Waals surface area contributed by atoms with Crippen LogP contribution >= 0.6 is 11.5 Å². The van der Waals surface area contributed by atoms with Gasteiger partial charge in [-0.2, -0.15) is 4.37 Å². The molecule has 0 aliphatic carbocycles. The molecule has 0 fully saturated rings. The Morgan fingerprint density at radius 3 is 3.00 bits per heavy atom. The van der Waals surface area contributed by atoms with E-state index < -0.39 is 5.60 Å². The number of hydrogen-bond acceptors (Lipinski definition) is 6. The first-order valence-corrected chi connectivity index (χ1v) is 4.25. The van der Waals surface area contributed by atoms with Crippen molar-refractivity contribution >= 4 is 16.7 Å².